The van der Waals surface area contributed by atoms with Gasteiger partial charge in [-0.15, -0.1) is 0 Å². The molecule has 0 radical (unpaired) electrons. The summed E-state index contributed by atoms with van der Waals surface area (Å²) in [6.45, 7) is 0.369. The van der Waals surface area contributed by atoms with Gasteiger partial charge in [0.15, 0.2) is 0 Å². The van der Waals surface area contributed by atoms with E-state index in [0.717, 1.165) is 5.69 Å². The molecule has 16 heavy (non-hydrogen) atoms. The number of anilines is 1. The lowest BCUT2D eigenvalue weighted by Gasteiger charge is -2.17. The van der Waals surface area contributed by atoms with Crippen molar-refractivity contribution in [3.63, 3.8) is 0 Å². The molecule has 0 aliphatic carbocycles. The van der Waals surface area contributed by atoms with Crippen LogP contribution in [0.15, 0.2) is 24.3 Å². The van der Waals surface area contributed by atoms with Gasteiger partial charge in [0.2, 0.25) is 5.91 Å². The number of hydrogen-bond acceptors (Lipinski definition) is 4. The van der Waals surface area contributed by atoms with E-state index < -0.39 is 0 Å². The van der Waals surface area contributed by atoms with Crippen LogP contribution in [-0.2, 0) is 4.79 Å². The van der Waals surface area contributed by atoms with Crippen molar-refractivity contribution in [2.45, 2.75) is 0 Å². The van der Waals surface area contributed by atoms with Crippen LogP contribution in [0.4, 0.5) is 5.69 Å². The molecule has 1 saturated heterocycles. The first kappa shape index (κ1) is 11.7. The molecule has 0 bridgehead atoms. The minimum Gasteiger partial charge on any atom is -0.366 e. The van der Waals surface area contributed by atoms with Crippen LogP contribution < -0.4 is 5.32 Å². The largest absolute Gasteiger partial charge is 0.366 e. The Labute approximate surface area is 108 Å². The van der Waals surface area contributed by atoms with Crippen LogP contribution in [0.5, 0.6) is 0 Å². The smallest absolute Gasteiger partial charge is 0.239 e. The van der Waals surface area contributed by atoms with Crippen molar-refractivity contribution >= 4 is 51.5 Å². The molecule has 1 fully saturated rings. The van der Waals surface area contributed by atoms with Gasteiger partial charge < -0.3 is 5.32 Å². The van der Waals surface area contributed by atoms with E-state index in [0.29, 0.717) is 21.8 Å². The average Bonchev–Trinajstić information content (AvgIpc) is 2.58. The monoisotopic (exact) mass is 272 g/mol. The topological polar surface area (TPSA) is 32.3 Å². The summed E-state index contributed by atoms with van der Waals surface area (Å²) in [6.07, 6.45) is 0. The fourth-order valence-electron chi connectivity index (χ4n) is 1.30. The second kappa shape index (κ2) is 5.03. The highest BCUT2D eigenvalue weighted by Gasteiger charge is 2.26. The summed E-state index contributed by atoms with van der Waals surface area (Å²) in [6, 6.07) is 7.39. The zero-order chi connectivity index (χ0) is 11.5. The summed E-state index contributed by atoms with van der Waals surface area (Å²) in [4.78, 5) is 13.0. The summed E-state index contributed by atoms with van der Waals surface area (Å²) in [5.41, 5.74) is 0.802. The van der Waals surface area contributed by atoms with Gasteiger partial charge in [-0.25, -0.2) is 0 Å². The first-order valence-electron chi connectivity index (χ1n) is 4.64. The van der Waals surface area contributed by atoms with Crippen LogP contribution in [0.25, 0.3) is 0 Å². The molecule has 2 rings (SSSR count). The number of halogens is 1. The van der Waals surface area contributed by atoms with Crippen LogP contribution >= 0.6 is 35.6 Å². The molecule has 0 unspecified atom stereocenters. The first-order valence-corrected chi connectivity index (χ1v) is 6.41. The second-order valence-corrected chi connectivity index (χ2v) is 5.21. The van der Waals surface area contributed by atoms with E-state index in [9.17, 15) is 4.79 Å². The highest BCUT2D eigenvalue weighted by atomic mass is 35.5. The van der Waals surface area contributed by atoms with Crippen molar-refractivity contribution in [1.82, 2.24) is 4.90 Å². The minimum atomic E-state index is 0.0366. The van der Waals surface area contributed by atoms with Crippen molar-refractivity contribution < 1.29 is 4.79 Å². The van der Waals surface area contributed by atoms with E-state index in [-0.39, 0.29) is 5.91 Å². The summed E-state index contributed by atoms with van der Waals surface area (Å²) >= 11 is 12.4. The van der Waals surface area contributed by atoms with E-state index in [1.807, 2.05) is 18.2 Å². The van der Waals surface area contributed by atoms with Gasteiger partial charge in [-0.05, 0) is 12.1 Å². The third-order valence-electron chi connectivity index (χ3n) is 2.14. The lowest BCUT2D eigenvalue weighted by atomic mass is 10.3. The molecule has 0 saturated carbocycles. The Morgan fingerprint density at radius 1 is 1.50 bits per heavy atom. The van der Waals surface area contributed by atoms with Crippen LogP contribution in [0.2, 0.25) is 5.02 Å². The number of para-hydroxylation sites is 1. The summed E-state index contributed by atoms with van der Waals surface area (Å²) in [5.74, 6) is 0.470. The number of nitrogens with one attached hydrogen (secondary N) is 1. The van der Waals surface area contributed by atoms with E-state index in [1.165, 1.54) is 11.8 Å². The Balaban J connectivity index is 2.00. The van der Waals surface area contributed by atoms with Crippen molar-refractivity contribution in [2.75, 3.05) is 17.7 Å². The molecular formula is C10H9ClN2OS2. The minimum absolute atomic E-state index is 0.0366. The Hall–Kier alpha value is -0.780. The van der Waals surface area contributed by atoms with Crippen molar-refractivity contribution in [1.29, 1.82) is 0 Å². The molecule has 1 aromatic rings. The molecule has 1 heterocycles. The van der Waals surface area contributed by atoms with E-state index in [1.54, 1.807) is 11.0 Å². The number of hydrogen-bond donors (Lipinski definition) is 1. The van der Waals surface area contributed by atoms with Crippen molar-refractivity contribution in [3.05, 3.63) is 29.3 Å². The number of amides is 1. The normalized spacial score (nSPS) is 15.7. The quantitative estimate of drug-likeness (QED) is 0.858. The van der Waals surface area contributed by atoms with Crippen molar-refractivity contribution in [2.24, 2.45) is 0 Å². The number of thiocarbonyl (C=S) groups is 1. The third-order valence-corrected chi connectivity index (χ3v) is 3.90. The van der Waals surface area contributed by atoms with Gasteiger partial charge in [-0.2, -0.15) is 0 Å². The number of carbonyl (C=O) groups excluding carboxylic acids is 1. The fourth-order valence-corrected chi connectivity index (χ4v) is 2.57. The molecule has 1 aliphatic rings. The zero-order valence-corrected chi connectivity index (χ0v) is 10.7. The van der Waals surface area contributed by atoms with Crippen LogP contribution in [0.3, 0.4) is 0 Å². The van der Waals surface area contributed by atoms with Gasteiger partial charge in [-0.1, -0.05) is 47.7 Å². The van der Waals surface area contributed by atoms with E-state index in [4.69, 9.17) is 23.8 Å². The number of rotatable bonds is 3. The first-order chi connectivity index (χ1) is 7.68. The van der Waals surface area contributed by atoms with Crippen LogP contribution in [0.1, 0.15) is 0 Å². The Kier molecular flexibility index (Phi) is 3.68. The van der Waals surface area contributed by atoms with Gasteiger partial charge in [0.25, 0.3) is 0 Å². The predicted molar refractivity (Wildman–Crippen MR) is 71.8 cm³/mol. The fraction of sp³-hybridized carbons (Fsp3) is 0.200. The van der Waals surface area contributed by atoms with Gasteiger partial charge in [-0.3, -0.25) is 9.69 Å². The average molecular weight is 273 g/mol. The highest BCUT2D eigenvalue weighted by Crippen LogP contribution is 2.22. The summed E-state index contributed by atoms with van der Waals surface area (Å²) in [5, 5.41) is 3.72. The second-order valence-electron chi connectivity index (χ2n) is 3.19. The van der Waals surface area contributed by atoms with Crippen LogP contribution in [-0.4, -0.2) is 27.5 Å². The molecule has 0 aromatic heterocycles. The van der Waals surface area contributed by atoms with E-state index >= 15 is 0 Å². The number of nitrogens with zero attached hydrogens (tertiary/aromatic N) is 1. The molecule has 1 amide bonds. The number of benzene rings is 1. The van der Waals surface area contributed by atoms with Crippen LogP contribution in [0, 0.1) is 0 Å². The Bertz CT molecular complexity index is 423. The lowest BCUT2D eigenvalue weighted by Crippen LogP contribution is -2.33. The zero-order valence-electron chi connectivity index (χ0n) is 8.27. The Morgan fingerprint density at radius 2 is 2.25 bits per heavy atom. The predicted octanol–water partition coefficient (Wildman–Crippen LogP) is 2.57. The standard InChI is InChI=1S/C10H9ClN2OS2/c11-7-3-1-2-4-8(7)12-6-13-9(14)5-16-10(13)15/h1-4,12H,5-6H2. The number of carbonyl (C=O) groups is 1. The Morgan fingerprint density at radius 3 is 2.88 bits per heavy atom. The van der Waals surface area contributed by atoms with E-state index in [2.05, 4.69) is 5.32 Å². The molecule has 6 heteroatoms. The third kappa shape index (κ3) is 2.48. The molecule has 0 spiro atoms. The van der Waals surface area contributed by atoms with Gasteiger partial charge >= 0.3 is 0 Å². The molecule has 84 valence electrons. The molecule has 0 atom stereocenters. The van der Waals surface area contributed by atoms with Gasteiger partial charge in [0.05, 0.1) is 23.1 Å². The molecule has 3 nitrogen and oxygen atoms in total. The maximum Gasteiger partial charge on any atom is 0.239 e. The summed E-state index contributed by atoms with van der Waals surface area (Å²) in [7, 11) is 0. The highest BCUT2D eigenvalue weighted by molar-refractivity contribution is 8.23. The van der Waals surface area contributed by atoms with Gasteiger partial charge in [0.1, 0.15) is 4.32 Å². The lowest BCUT2D eigenvalue weighted by molar-refractivity contribution is -0.123. The molecule has 1 N–H and O–H groups in total. The SMILES string of the molecule is O=C1CSC(=S)N1CNc1ccccc1Cl. The van der Waals surface area contributed by atoms with Gasteiger partial charge in [0, 0.05) is 0 Å². The van der Waals surface area contributed by atoms with Crippen molar-refractivity contribution in [3.8, 4) is 0 Å². The number of thioether (sulfide) groups is 1. The molecule has 1 aromatic carbocycles. The molecular weight excluding hydrogens is 264 g/mol. The summed E-state index contributed by atoms with van der Waals surface area (Å²) < 4.78 is 0.615. The maximum atomic E-state index is 11.4. The molecule has 1 aliphatic heterocycles. The maximum absolute atomic E-state index is 11.4.